The second kappa shape index (κ2) is 6.16. The van der Waals surface area contributed by atoms with E-state index in [0.29, 0.717) is 12.2 Å². The summed E-state index contributed by atoms with van der Waals surface area (Å²) in [6, 6.07) is 7.41. The number of hydrogen-bond acceptors (Lipinski definition) is 4. The fourth-order valence-electron chi connectivity index (χ4n) is 1.99. The van der Waals surface area contributed by atoms with Crippen LogP contribution in [0.3, 0.4) is 0 Å². The van der Waals surface area contributed by atoms with Gasteiger partial charge in [-0.15, -0.1) is 11.3 Å². The normalized spacial score (nSPS) is 11.5. The molecule has 0 aromatic carbocycles. The topological polar surface area (TPSA) is 39.2 Å². The predicted molar refractivity (Wildman–Crippen MR) is 87.2 cm³/mol. The van der Waals surface area contributed by atoms with Crippen molar-refractivity contribution in [3.63, 3.8) is 0 Å². The van der Waals surface area contributed by atoms with Gasteiger partial charge in [-0.3, -0.25) is 4.98 Å². The maximum Gasteiger partial charge on any atom is 0.340 e. The van der Waals surface area contributed by atoms with Crippen LogP contribution in [-0.4, -0.2) is 17.6 Å². The van der Waals surface area contributed by atoms with Gasteiger partial charge in [0.1, 0.15) is 0 Å². The average molecular weight is 324 g/mol. The number of carbonyl (C=O) groups is 1. The smallest absolute Gasteiger partial charge is 0.340 e. The van der Waals surface area contributed by atoms with Crippen molar-refractivity contribution < 1.29 is 9.53 Å². The van der Waals surface area contributed by atoms with Gasteiger partial charge in [-0.1, -0.05) is 32.4 Å². The number of nitrogens with zero attached hydrogens (tertiary/aromatic N) is 1. The van der Waals surface area contributed by atoms with Crippen molar-refractivity contribution in [2.24, 2.45) is 0 Å². The van der Waals surface area contributed by atoms with Crippen LogP contribution in [0.5, 0.6) is 0 Å². The quantitative estimate of drug-likeness (QED) is 0.751. The summed E-state index contributed by atoms with van der Waals surface area (Å²) in [5.74, 6) is -0.328. The third kappa shape index (κ3) is 3.63. The molecule has 0 aliphatic carbocycles. The summed E-state index contributed by atoms with van der Waals surface area (Å²) < 4.78 is 5.84. The number of halogens is 1. The molecule has 0 amide bonds. The van der Waals surface area contributed by atoms with Gasteiger partial charge in [-0.25, -0.2) is 4.79 Å². The summed E-state index contributed by atoms with van der Waals surface area (Å²) in [7, 11) is 0. The van der Waals surface area contributed by atoms with Crippen molar-refractivity contribution in [1.82, 2.24) is 4.98 Å². The first-order valence-corrected chi connectivity index (χ1v) is 7.96. The van der Waals surface area contributed by atoms with Gasteiger partial charge in [0.15, 0.2) is 0 Å². The fraction of sp³-hybridized carbons (Fsp3) is 0.375. The molecule has 21 heavy (non-hydrogen) atoms. The highest BCUT2D eigenvalue weighted by molar-refractivity contribution is 7.19. The van der Waals surface area contributed by atoms with Crippen molar-refractivity contribution >= 4 is 28.9 Å². The second-order valence-corrected chi connectivity index (χ2v) is 7.38. The summed E-state index contributed by atoms with van der Waals surface area (Å²) in [4.78, 5) is 17.8. The van der Waals surface area contributed by atoms with Crippen LogP contribution >= 0.6 is 22.9 Å². The largest absolute Gasteiger partial charge is 0.462 e. The minimum atomic E-state index is -0.328. The Morgan fingerprint density at radius 1 is 1.29 bits per heavy atom. The van der Waals surface area contributed by atoms with E-state index in [0.717, 1.165) is 20.6 Å². The Morgan fingerprint density at radius 2 is 2.00 bits per heavy atom. The first-order chi connectivity index (χ1) is 9.82. The molecule has 0 saturated carbocycles. The van der Waals surface area contributed by atoms with Gasteiger partial charge in [0, 0.05) is 5.41 Å². The highest BCUT2D eigenvalue weighted by atomic mass is 35.5. The van der Waals surface area contributed by atoms with E-state index < -0.39 is 0 Å². The number of pyridine rings is 1. The molecule has 0 atom stereocenters. The molecule has 0 bridgehead atoms. The van der Waals surface area contributed by atoms with Crippen LogP contribution in [-0.2, 0) is 10.2 Å². The van der Waals surface area contributed by atoms with E-state index in [9.17, 15) is 4.79 Å². The van der Waals surface area contributed by atoms with Crippen LogP contribution in [0.15, 0.2) is 24.3 Å². The monoisotopic (exact) mass is 323 g/mol. The number of esters is 1. The number of rotatable bonds is 3. The molecule has 0 saturated heterocycles. The predicted octanol–water partition coefficient (Wildman–Crippen LogP) is 4.94. The van der Waals surface area contributed by atoms with Gasteiger partial charge < -0.3 is 4.74 Å². The molecule has 112 valence electrons. The summed E-state index contributed by atoms with van der Waals surface area (Å²) in [5, 5.41) is 0. The molecule has 2 aromatic rings. The lowest BCUT2D eigenvalue weighted by Gasteiger charge is -2.21. The number of thiophene rings is 1. The lowest BCUT2D eigenvalue weighted by molar-refractivity contribution is 0.0523. The van der Waals surface area contributed by atoms with E-state index in [-0.39, 0.29) is 11.4 Å². The Kier molecular flexibility index (Phi) is 4.69. The van der Waals surface area contributed by atoms with Crippen molar-refractivity contribution in [3.05, 3.63) is 39.9 Å². The first kappa shape index (κ1) is 16.0. The standard InChI is InChI=1S/C16H18ClNO2S/c1-5-20-15(19)10-6-7-11(12-8-9-13(17)21-12)18-14(10)16(2,3)4/h6-9H,5H2,1-4H3. The maximum absolute atomic E-state index is 12.1. The Bertz CT molecular complexity index is 659. The highest BCUT2D eigenvalue weighted by Crippen LogP contribution is 2.33. The van der Waals surface area contributed by atoms with E-state index in [1.54, 1.807) is 13.0 Å². The molecule has 0 spiro atoms. The minimum Gasteiger partial charge on any atom is -0.462 e. The molecule has 0 fully saturated rings. The van der Waals surface area contributed by atoms with E-state index in [1.165, 1.54) is 11.3 Å². The summed E-state index contributed by atoms with van der Waals surface area (Å²) in [6.45, 7) is 8.24. The third-order valence-electron chi connectivity index (χ3n) is 2.93. The Morgan fingerprint density at radius 3 is 2.52 bits per heavy atom. The van der Waals surface area contributed by atoms with Crippen molar-refractivity contribution in [2.45, 2.75) is 33.1 Å². The highest BCUT2D eigenvalue weighted by Gasteiger charge is 2.25. The molecule has 2 heterocycles. The SMILES string of the molecule is CCOC(=O)c1ccc(-c2ccc(Cl)s2)nc1C(C)(C)C. The van der Waals surface area contributed by atoms with Crippen LogP contribution in [0.25, 0.3) is 10.6 Å². The first-order valence-electron chi connectivity index (χ1n) is 6.77. The van der Waals surface area contributed by atoms with Crippen LogP contribution in [0.4, 0.5) is 0 Å². The summed E-state index contributed by atoms with van der Waals surface area (Å²) in [5.41, 5.74) is 1.84. The Balaban J connectivity index is 2.52. The number of ether oxygens (including phenoxy) is 1. The molecule has 0 N–H and O–H groups in total. The molecule has 0 aliphatic heterocycles. The van der Waals surface area contributed by atoms with E-state index in [4.69, 9.17) is 16.3 Å². The van der Waals surface area contributed by atoms with E-state index in [1.807, 2.05) is 39.0 Å². The van der Waals surface area contributed by atoms with Gasteiger partial charge in [0.25, 0.3) is 0 Å². The average Bonchev–Trinajstić information content (AvgIpc) is 2.84. The zero-order valence-corrected chi connectivity index (χ0v) is 14.1. The van der Waals surface area contributed by atoms with Gasteiger partial charge in [0.2, 0.25) is 0 Å². The molecular weight excluding hydrogens is 306 g/mol. The van der Waals surface area contributed by atoms with Gasteiger partial charge in [0.05, 0.1) is 32.8 Å². The van der Waals surface area contributed by atoms with E-state index in [2.05, 4.69) is 4.98 Å². The Labute approximate surface area is 133 Å². The minimum absolute atomic E-state index is 0.251. The summed E-state index contributed by atoms with van der Waals surface area (Å²) in [6.07, 6.45) is 0. The van der Waals surface area contributed by atoms with Crippen LogP contribution in [0.2, 0.25) is 4.34 Å². The van der Waals surface area contributed by atoms with Gasteiger partial charge >= 0.3 is 5.97 Å². The Hall–Kier alpha value is -1.39. The number of carbonyl (C=O) groups excluding carboxylic acids is 1. The molecule has 0 unspecified atom stereocenters. The molecule has 2 aromatic heterocycles. The molecule has 5 heteroatoms. The second-order valence-electron chi connectivity index (χ2n) is 5.67. The molecule has 0 radical (unpaired) electrons. The van der Waals surface area contributed by atoms with Crippen LogP contribution < -0.4 is 0 Å². The van der Waals surface area contributed by atoms with Gasteiger partial charge in [-0.2, -0.15) is 0 Å². The van der Waals surface area contributed by atoms with Gasteiger partial charge in [-0.05, 0) is 31.2 Å². The van der Waals surface area contributed by atoms with E-state index >= 15 is 0 Å². The third-order valence-corrected chi connectivity index (χ3v) is 4.18. The molecule has 2 rings (SSSR count). The van der Waals surface area contributed by atoms with Crippen molar-refractivity contribution in [1.29, 1.82) is 0 Å². The lowest BCUT2D eigenvalue weighted by Crippen LogP contribution is -2.20. The number of aromatic nitrogens is 1. The molecule has 3 nitrogen and oxygen atoms in total. The lowest BCUT2D eigenvalue weighted by atomic mass is 9.88. The molecular formula is C16H18ClNO2S. The van der Waals surface area contributed by atoms with Crippen LogP contribution in [0, 0.1) is 0 Å². The zero-order chi connectivity index (χ0) is 15.6. The fourth-order valence-corrected chi connectivity index (χ4v) is 3.01. The molecule has 0 aliphatic rings. The maximum atomic E-state index is 12.1. The number of hydrogen-bond donors (Lipinski definition) is 0. The van der Waals surface area contributed by atoms with Crippen molar-refractivity contribution in [3.8, 4) is 10.6 Å². The zero-order valence-electron chi connectivity index (χ0n) is 12.6. The van der Waals surface area contributed by atoms with Crippen molar-refractivity contribution in [2.75, 3.05) is 6.61 Å². The summed E-state index contributed by atoms with van der Waals surface area (Å²) >= 11 is 7.45. The van der Waals surface area contributed by atoms with Crippen LogP contribution in [0.1, 0.15) is 43.7 Å².